The van der Waals surface area contributed by atoms with Crippen LogP contribution in [0.25, 0.3) is 11.0 Å². The van der Waals surface area contributed by atoms with E-state index in [0.717, 1.165) is 27.3 Å². The number of benzene rings is 2. The Morgan fingerprint density at radius 3 is 2.65 bits per heavy atom. The summed E-state index contributed by atoms with van der Waals surface area (Å²) in [5.41, 5.74) is 3.35. The second kappa shape index (κ2) is 5.06. The van der Waals surface area contributed by atoms with Gasteiger partial charge in [-0.15, -0.1) is 0 Å². The minimum absolute atomic E-state index is 0.0758. The Hall–Kier alpha value is -2.20. The van der Waals surface area contributed by atoms with Crippen LogP contribution in [0.4, 0.5) is 5.69 Å². The van der Waals surface area contributed by atoms with Gasteiger partial charge in [0.05, 0.1) is 11.0 Å². The highest BCUT2D eigenvalue weighted by atomic mass is 35.5. The molecule has 0 saturated carbocycles. The summed E-state index contributed by atoms with van der Waals surface area (Å²) < 4.78 is 0. The van der Waals surface area contributed by atoms with E-state index in [4.69, 9.17) is 11.6 Å². The van der Waals surface area contributed by atoms with E-state index in [0.29, 0.717) is 0 Å². The highest BCUT2D eigenvalue weighted by Gasteiger charge is 2.09. The Balaban J connectivity index is 1.89. The predicted molar refractivity (Wildman–Crippen MR) is 82.4 cm³/mol. The molecule has 0 radical (unpaired) electrons. The molecule has 0 aliphatic heterocycles. The van der Waals surface area contributed by atoms with Gasteiger partial charge in [-0.25, -0.2) is 4.79 Å². The molecule has 1 atom stereocenters. The molecule has 5 heteroatoms. The zero-order valence-electron chi connectivity index (χ0n) is 10.9. The van der Waals surface area contributed by atoms with E-state index >= 15 is 0 Å². The molecular formula is C15H14ClN3O. The summed E-state index contributed by atoms with van der Waals surface area (Å²) in [6, 6.07) is 13.5. The maximum atomic E-state index is 11.2. The highest BCUT2D eigenvalue weighted by molar-refractivity contribution is 6.31. The molecule has 0 saturated heterocycles. The number of halogens is 1. The first-order valence-corrected chi connectivity index (χ1v) is 6.74. The summed E-state index contributed by atoms with van der Waals surface area (Å²) in [5, 5.41) is 4.12. The van der Waals surface area contributed by atoms with E-state index in [-0.39, 0.29) is 11.7 Å². The third kappa shape index (κ3) is 2.42. The Labute approximate surface area is 120 Å². The molecule has 0 spiro atoms. The van der Waals surface area contributed by atoms with E-state index in [2.05, 4.69) is 15.3 Å². The van der Waals surface area contributed by atoms with Crippen molar-refractivity contribution in [2.24, 2.45) is 0 Å². The average Bonchev–Trinajstić information content (AvgIpc) is 2.78. The van der Waals surface area contributed by atoms with Crippen molar-refractivity contribution in [1.82, 2.24) is 9.97 Å². The number of fused-ring (bicyclic) bond motifs is 1. The third-order valence-electron chi connectivity index (χ3n) is 3.27. The van der Waals surface area contributed by atoms with E-state index in [1.54, 1.807) is 0 Å². The topological polar surface area (TPSA) is 60.7 Å². The number of H-pyrrole nitrogens is 2. The molecule has 0 bridgehead atoms. The van der Waals surface area contributed by atoms with Gasteiger partial charge in [0.1, 0.15) is 0 Å². The molecule has 20 heavy (non-hydrogen) atoms. The largest absolute Gasteiger partial charge is 0.378 e. The van der Waals surface area contributed by atoms with Crippen LogP contribution < -0.4 is 11.0 Å². The third-order valence-corrected chi connectivity index (χ3v) is 3.62. The fraction of sp³-hybridized carbons (Fsp3) is 0.133. The van der Waals surface area contributed by atoms with Crippen molar-refractivity contribution in [3.63, 3.8) is 0 Å². The van der Waals surface area contributed by atoms with Crippen molar-refractivity contribution in [3.8, 4) is 0 Å². The Bertz CT molecular complexity index is 806. The van der Waals surface area contributed by atoms with Gasteiger partial charge in [-0.3, -0.25) is 0 Å². The van der Waals surface area contributed by atoms with Crippen molar-refractivity contribution >= 4 is 28.3 Å². The molecule has 0 aliphatic rings. The molecule has 3 N–H and O–H groups in total. The lowest BCUT2D eigenvalue weighted by atomic mass is 10.1. The summed E-state index contributed by atoms with van der Waals surface area (Å²) >= 11 is 6.19. The second-order valence-electron chi connectivity index (χ2n) is 4.73. The Morgan fingerprint density at radius 1 is 1.10 bits per heavy atom. The molecular weight excluding hydrogens is 274 g/mol. The predicted octanol–water partition coefficient (Wildman–Crippen LogP) is 3.68. The lowest BCUT2D eigenvalue weighted by Crippen LogP contribution is -2.07. The van der Waals surface area contributed by atoms with Crippen molar-refractivity contribution < 1.29 is 0 Å². The monoisotopic (exact) mass is 287 g/mol. The summed E-state index contributed by atoms with van der Waals surface area (Å²) in [5.74, 6) is 0. The number of hydrogen-bond acceptors (Lipinski definition) is 2. The summed E-state index contributed by atoms with van der Waals surface area (Å²) in [6.07, 6.45) is 0. The number of nitrogens with one attached hydrogen (secondary N) is 3. The Kier molecular flexibility index (Phi) is 3.24. The first kappa shape index (κ1) is 12.8. The molecule has 1 aromatic heterocycles. The second-order valence-corrected chi connectivity index (χ2v) is 5.13. The van der Waals surface area contributed by atoms with Crippen LogP contribution in [0.2, 0.25) is 5.02 Å². The van der Waals surface area contributed by atoms with E-state index in [1.807, 2.05) is 49.4 Å². The fourth-order valence-corrected chi connectivity index (χ4v) is 2.58. The van der Waals surface area contributed by atoms with Gasteiger partial charge in [0.2, 0.25) is 0 Å². The highest BCUT2D eigenvalue weighted by Crippen LogP contribution is 2.26. The van der Waals surface area contributed by atoms with Gasteiger partial charge in [-0.05, 0) is 36.8 Å². The fourth-order valence-electron chi connectivity index (χ4n) is 2.28. The normalized spacial score (nSPS) is 12.5. The average molecular weight is 288 g/mol. The zero-order valence-corrected chi connectivity index (χ0v) is 11.7. The van der Waals surface area contributed by atoms with Gasteiger partial charge in [0.15, 0.2) is 0 Å². The zero-order chi connectivity index (χ0) is 14.1. The first-order valence-electron chi connectivity index (χ1n) is 6.36. The number of anilines is 1. The minimum atomic E-state index is -0.198. The molecule has 0 amide bonds. The van der Waals surface area contributed by atoms with Gasteiger partial charge < -0.3 is 15.3 Å². The van der Waals surface area contributed by atoms with Crippen molar-refractivity contribution in [2.75, 3.05) is 5.32 Å². The lowest BCUT2D eigenvalue weighted by molar-refractivity contribution is 0.885. The molecule has 3 rings (SSSR count). The summed E-state index contributed by atoms with van der Waals surface area (Å²) in [6.45, 7) is 2.05. The van der Waals surface area contributed by atoms with Crippen LogP contribution >= 0.6 is 11.6 Å². The van der Waals surface area contributed by atoms with E-state index < -0.39 is 0 Å². The number of aromatic nitrogens is 2. The summed E-state index contributed by atoms with van der Waals surface area (Å²) in [7, 11) is 0. The van der Waals surface area contributed by atoms with Gasteiger partial charge in [-0.1, -0.05) is 29.8 Å². The standard InChI is InChI=1S/C15H14ClN3O/c1-9(11-4-2-3-5-12(11)16)17-10-6-7-13-14(8-10)19-15(20)18-13/h2-9,17H,1H3,(H2,18,19,20). The van der Waals surface area contributed by atoms with Crippen LogP contribution in [-0.4, -0.2) is 9.97 Å². The quantitative estimate of drug-likeness (QED) is 0.688. The van der Waals surface area contributed by atoms with Gasteiger partial charge in [-0.2, -0.15) is 0 Å². The first-order chi connectivity index (χ1) is 9.63. The number of rotatable bonds is 3. The number of aromatic amines is 2. The van der Waals surface area contributed by atoms with Crippen LogP contribution in [-0.2, 0) is 0 Å². The smallest absolute Gasteiger partial charge is 0.323 e. The van der Waals surface area contributed by atoms with Gasteiger partial charge in [0, 0.05) is 16.8 Å². The van der Waals surface area contributed by atoms with Crippen LogP contribution in [0.15, 0.2) is 47.3 Å². The van der Waals surface area contributed by atoms with Gasteiger partial charge >= 0.3 is 5.69 Å². The molecule has 3 aromatic rings. The number of hydrogen-bond donors (Lipinski definition) is 3. The van der Waals surface area contributed by atoms with Crippen LogP contribution in [0, 0.1) is 0 Å². The van der Waals surface area contributed by atoms with Crippen molar-refractivity contribution in [2.45, 2.75) is 13.0 Å². The molecule has 4 nitrogen and oxygen atoms in total. The van der Waals surface area contributed by atoms with E-state index in [9.17, 15) is 4.79 Å². The van der Waals surface area contributed by atoms with E-state index in [1.165, 1.54) is 0 Å². The molecule has 2 aromatic carbocycles. The SMILES string of the molecule is CC(Nc1ccc2[nH]c(=O)[nH]c2c1)c1ccccc1Cl. The van der Waals surface area contributed by atoms with Crippen molar-refractivity contribution in [3.05, 3.63) is 63.5 Å². The van der Waals surface area contributed by atoms with Crippen LogP contribution in [0.3, 0.4) is 0 Å². The molecule has 0 aliphatic carbocycles. The molecule has 1 heterocycles. The van der Waals surface area contributed by atoms with Crippen molar-refractivity contribution in [1.29, 1.82) is 0 Å². The Morgan fingerprint density at radius 2 is 1.85 bits per heavy atom. The maximum absolute atomic E-state index is 11.2. The maximum Gasteiger partial charge on any atom is 0.323 e. The lowest BCUT2D eigenvalue weighted by Gasteiger charge is -2.17. The molecule has 0 fully saturated rings. The van der Waals surface area contributed by atoms with Gasteiger partial charge in [0.25, 0.3) is 0 Å². The molecule has 102 valence electrons. The van der Waals surface area contributed by atoms with Crippen LogP contribution in [0.5, 0.6) is 0 Å². The summed E-state index contributed by atoms with van der Waals surface area (Å²) in [4.78, 5) is 16.7. The molecule has 1 unspecified atom stereocenters. The minimum Gasteiger partial charge on any atom is -0.378 e. The van der Waals surface area contributed by atoms with Crippen LogP contribution in [0.1, 0.15) is 18.5 Å². The number of imidazole rings is 1.